The van der Waals surface area contributed by atoms with Gasteiger partial charge >= 0.3 is 0 Å². The van der Waals surface area contributed by atoms with Crippen molar-refractivity contribution in [3.8, 4) is 0 Å². The minimum Gasteiger partial charge on any atom is -0.346 e. The van der Waals surface area contributed by atoms with Crippen LogP contribution in [0.15, 0.2) is 48.5 Å². The summed E-state index contributed by atoms with van der Waals surface area (Å²) in [6.07, 6.45) is 0. The lowest BCUT2D eigenvalue weighted by atomic mass is 9.97. The van der Waals surface area contributed by atoms with Crippen LogP contribution in [0.3, 0.4) is 0 Å². The van der Waals surface area contributed by atoms with Crippen LogP contribution in [0.1, 0.15) is 11.1 Å². The topological polar surface area (TPSA) is 18.5 Å². The van der Waals surface area contributed by atoms with Gasteiger partial charge in [0, 0.05) is 35.4 Å². The summed E-state index contributed by atoms with van der Waals surface area (Å²) in [6.45, 7) is 0. The zero-order valence-corrected chi connectivity index (χ0v) is 12.2. The monoisotopic (exact) mass is 296 g/mol. The van der Waals surface area contributed by atoms with E-state index in [2.05, 4.69) is 0 Å². The summed E-state index contributed by atoms with van der Waals surface area (Å²) in [5.41, 5.74) is 1.73. The highest BCUT2D eigenvalue weighted by Gasteiger charge is 2.34. The Balaban J connectivity index is 2.53. The van der Waals surface area contributed by atoms with E-state index < -0.39 is 5.79 Å². The van der Waals surface area contributed by atoms with Gasteiger partial charge in [-0.25, -0.2) is 0 Å². The van der Waals surface area contributed by atoms with Crippen molar-refractivity contribution in [2.45, 2.75) is 5.79 Å². The largest absolute Gasteiger partial charge is 0.346 e. The van der Waals surface area contributed by atoms with Gasteiger partial charge in [0.05, 0.1) is 0 Å². The maximum Gasteiger partial charge on any atom is 0.221 e. The van der Waals surface area contributed by atoms with E-state index in [1.54, 1.807) is 38.5 Å². The van der Waals surface area contributed by atoms with Crippen molar-refractivity contribution in [3.63, 3.8) is 0 Å². The van der Waals surface area contributed by atoms with Gasteiger partial charge in [-0.2, -0.15) is 0 Å². The number of rotatable bonds is 4. The first-order valence-electron chi connectivity index (χ1n) is 5.75. The molecule has 0 radical (unpaired) electrons. The molecule has 0 spiro atoms. The van der Waals surface area contributed by atoms with E-state index >= 15 is 0 Å². The first kappa shape index (κ1) is 14.4. The number of halogens is 2. The molecule has 0 N–H and O–H groups in total. The van der Waals surface area contributed by atoms with Gasteiger partial charge in [0.15, 0.2) is 0 Å². The molecule has 2 nitrogen and oxygen atoms in total. The first-order chi connectivity index (χ1) is 9.12. The summed E-state index contributed by atoms with van der Waals surface area (Å²) in [5.74, 6) is -0.963. The molecule has 2 aromatic rings. The summed E-state index contributed by atoms with van der Waals surface area (Å²) in [7, 11) is 3.21. The van der Waals surface area contributed by atoms with Crippen molar-refractivity contribution in [2.75, 3.05) is 14.2 Å². The molecule has 0 aromatic heterocycles. The second-order valence-electron chi connectivity index (χ2n) is 4.04. The molecule has 0 unspecified atom stereocenters. The van der Waals surface area contributed by atoms with Crippen LogP contribution in [0.2, 0.25) is 10.0 Å². The maximum atomic E-state index is 5.92. The van der Waals surface area contributed by atoms with Crippen LogP contribution in [0.25, 0.3) is 0 Å². The smallest absolute Gasteiger partial charge is 0.221 e. The fourth-order valence-electron chi connectivity index (χ4n) is 2.06. The average Bonchev–Trinajstić information content (AvgIpc) is 2.44. The number of methoxy groups -OCH3 is 2. The van der Waals surface area contributed by atoms with Gasteiger partial charge in [0.1, 0.15) is 0 Å². The molecule has 100 valence electrons. The van der Waals surface area contributed by atoms with Gasteiger partial charge in [0.2, 0.25) is 5.79 Å². The normalized spacial score (nSPS) is 11.6. The molecule has 2 rings (SSSR count). The Labute approximate surface area is 122 Å². The molecular formula is C15H14Cl2O2. The number of benzene rings is 2. The molecule has 0 fully saturated rings. The van der Waals surface area contributed by atoms with Gasteiger partial charge in [-0.3, -0.25) is 0 Å². The van der Waals surface area contributed by atoms with E-state index in [0.717, 1.165) is 11.1 Å². The molecule has 2 aromatic carbocycles. The molecule has 0 aliphatic heterocycles. The van der Waals surface area contributed by atoms with Crippen LogP contribution in [-0.4, -0.2) is 14.2 Å². The van der Waals surface area contributed by atoms with Crippen molar-refractivity contribution in [1.82, 2.24) is 0 Å². The molecule has 0 saturated heterocycles. The zero-order valence-electron chi connectivity index (χ0n) is 10.7. The van der Waals surface area contributed by atoms with Gasteiger partial charge in [-0.15, -0.1) is 0 Å². The van der Waals surface area contributed by atoms with Crippen LogP contribution in [0, 0.1) is 0 Å². The molecule has 0 heterocycles. The second kappa shape index (κ2) is 5.93. The van der Waals surface area contributed by atoms with Crippen molar-refractivity contribution in [3.05, 3.63) is 69.7 Å². The molecule has 0 saturated carbocycles. The van der Waals surface area contributed by atoms with Gasteiger partial charge in [0.25, 0.3) is 0 Å². The molecule has 4 heteroatoms. The Morgan fingerprint density at radius 1 is 0.684 bits per heavy atom. The fraction of sp³-hybridized carbons (Fsp3) is 0.200. The van der Waals surface area contributed by atoms with Crippen LogP contribution in [0.4, 0.5) is 0 Å². The highest BCUT2D eigenvalue weighted by atomic mass is 35.5. The quantitative estimate of drug-likeness (QED) is 0.774. The summed E-state index contributed by atoms with van der Waals surface area (Å²) < 4.78 is 11.3. The van der Waals surface area contributed by atoms with Gasteiger partial charge < -0.3 is 9.47 Å². The SMILES string of the molecule is COC(OC)(c1ccc(Cl)cc1)c1ccc(Cl)cc1. The highest BCUT2D eigenvalue weighted by Crippen LogP contribution is 2.35. The summed E-state index contributed by atoms with van der Waals surface area (Å²) in [5, 5.41) is 1.34. The Kier molecular flexibility index (Phi) is 4.48. The van der Waals surface area contributed by atoms with Crippen molar-refractivity contribution < 1.29 is 9.47 Å². The van der Waals surface area contributed by atoms with E-state index in [0.29, 0.717) is 10.0 Å². The summed E-state index contributed by atoms with van der Waals surface area (Å²) in [4.78, 5) is 0. The molecule has 0 bridgehead atoms. The zero-order chi connectivity index (χ0) is 13.9. The minimum atomic E-state index is -0.963. The minimum absolute atomic E-state index is 0.668. The molecule has 0 aliphatic carbocycles. The number of ether oxygens (including phenoxy) is 2. The van der Waals surface area contributed by atoms with Crippen molar-refractivity contribution in [1.29, 1.82) is 0 Å². The van der Waals surface area contributed by atoms with E-state index in [1.807, 2.05) is 24.3 Å². The Morgan fingerprint density at radius 2 is 1.00 bits per heavy atom. The van der Waals surface area contributed by atoms with Crippen LogP contribution in [-0.2, 0) is 15.3 Å². The van der Waals surface area contributed by atoms with Crippen LogP contribution >= 0.6 is 23.2 Å². The number of hydrogen-bond donors (Lipinski definition) is 0. The molecule has 0 atom stereocenters. The summed E-state index contributed by atoms with van der Waals surface area (Å²) >= 11 is 11.8. The van der Waals surface area contributed by atoms with Gasteiger partial charge in [-0.05, 0) is 24.3 Å². The third-order valence-electron chi connectivity index (χ3n) is 3.02. The van der Waals surface area contributed by atoms with Gasteiger partial charge in [-0.1, -0.05) is 47.5 Å². The third kappa shape index (κ3) is 2.77. The van der Waals surface area contributed by atoms with E-state index in [9.17, 15) is 0 Å². The lowest BCUT2D eigenvalue weighted by molar-refractivity contribution is -0.183. The maximum absolute atomic E-state index is 5.92. The lowest BCUT2D eigenvalue weighted by Crippen LogP contribution is -2.32. The molecule has 0 amide bonds. The summed E-state index contributed by atoms with van der Waals surface area (Å²) in [6, 6.07) is 14.7. The van der Waals surface area contributed by atoms with E-state index in [-0.39, 0.29) is 0 Å². The average molecular weight is 297 g/mol. The van der Waals surface area contributed by atoms with Crippen LogP contribution < -0.4 is 0 Å². The third-order valence-corrected chi connectivity index (χ3v) is 3.53. The van der Waals surface area contributed by atoms with Crippen molar-refractivity contribution >= 4 is 23.2 Å². The Bertz CT molecular complexity index is 484. The predicted octanol–water partition coefficient (Wildman–Crippen LogP) is 4.49. The Hall–Kier alpha value is -1.06. The predicted molar refractivity (Wildman–Crippen MR) is 77.7 cm³/mol. The van der Waals surface area contributed by atoms with E-state index in [1.165, 1.54) is 0 Å². The van der Waals surface area contributed by atoms with Crippen molar-refractivity contribution in [2.24, 2.45) is 0 Å². The first-order valence-corrected chi connectivity index (χ1v) is 6.50. The second-order valence-corrected chi connectivity index (χ2v) is 4.91. The molecular weight excluding hydrogens is 283 g/mol. The fourth-order valence-corrected chi connectivity index (χ4v) is 2.31. The highest BCUT2D eigenvalue weighted by molar-refractivity contribution is 6.30. The standard InChI is InChI=1S/C15H14Cl2O2/c1-18-15(19-2,11-3-7-13(16)8-4-11)12-5-9-14(17)10-6-12/h3-10H,1-2H3. The van der Waals surface area contributed by atoms with Crippen LogP contribution in [0.5, 0.6) is 0 Å². The van der Waals surface area contributed by atoms with E-state index in [4.69, 9.17) is 32.7 Å². The molecule has 0 aliphatic rings. The number of hydrogen-bond acceptors (Lipinski definition) is 2. The Morgan fingerprint density at radius 3 is 1.26 bits per heavy atom. The lowest BCUT2D eigenvalue weighted by Gasteiger charge is -2.31. The molecule has 19 heavy (non-hydrogen) atoms.